The highest BCUT2D eigenvalue weighted by Gasteiger charge is 2.25. The first kappa shape index (κ1) is 14.3. The molecule has 0 aromatic heterocycles. The largest absolute Gasteiger partial charge is 0.392 e. The van der Waals surface area contributed by atoms with Crippen LogP contribution in [-0.2, 0) is 6.42 Å². The molecule has 1 aliphatic rings. The van der Waals surface area contributed by atoms with Crippen molar-refractivity contribution in [2.24, 2.45) is 0 Å². The van der Waals surface area contributed by atoms with Crippen LogP contribution in [0.1, 0.15) is 54.7 Å². The van der Waals surface area contributed by atoms with E-state index in [2.05, 4.69) is 55.5 Å². The number of rotatable bonds is 4. The van der Waals surface area contributed by atoms with Gasteiger partial charge < -0.3 is 5.11 Å². The van der Waals surface area contributed by atoms with Crippen LogP contribution in [0, 0.1) is 0 Å². The van der Waals surface area contributed by atoms with Gasteiger partial charge in [0.2, 0.25) is 0 Å². The van der Waals surface area contributed by atoms with Crippen LogP contribution in [0.5, 0.6) is 0 Å². The summed E-state index contributed by atoms with van der Waals surface area (Å²) in [5.41, 5.74) is 4.17. The van der Waals surface area contributed by atoms with Crippen molar-refractivity contribution < 1.29 is 5.11 Å². The van der Waals surface area contributed by atoms with Gasteiger partial charge in [0.15, 0.2) is 0 Å². The van der Waals surface area contributed by atoms with E-state index in [9.17, 15) is 5.11 Å². The van der Waals surface area contributed by atoms with E-state index in [0.29, 0.717) is 5.92 Å². The second-order valence-electron chi connectivity index (χ2n) is 6.29. The molecular formula is C20H24O. The van der Waals surface area contributed by atoms with Gasteiger partial charge in [-0.05, 0) is 48.3 Å². The lowest BCUT2D eigenvalue weighted by Gasteiger charge is -2.29. The van der Waals surface area contributed by atoms with E-state index in [-0.39, 0.29) is 12.0 Å². The second-order valence-corrected chi connectivity index (χ2v) is 6.29. The van der Waals surface area contributed by atoms with Crippen LogP contribution in [0.2, 0.25) is 0 Å². The molecule has 0 amide bonds. The molecule has 0 aliphatic heterocycles. The van der Waals surface area contributed by atoms with Crippen molar-refractivity contribution in [3.05, 3.63) is 71.3 Å². The third kappa shape index (κ3) is 3.19. The van der Waals surface area contributed by atoms with Gasteiger partial charge in [0.1, 0.15) is 0 Å². The fourth-order valence-corrected chi connectivity index (χ4v) is 3.57. The van der Waals surface area contributed by atoms with E-state index in [1.165, 1.54) is 36.0 Å². The van der Waals surface area contributed by atoms with Crippen LogP contribution < -0.4 is 0 Å². The predicted octanol–water partition coefficient (Wildman–Crippen LogP) is 4.66. The number of benzene rings is 2. The average Bonchev–Trinajstić information content (AvgIpc) is 2.55. The fraction of sp³-hybridized carbons (Fsp3) is 0.400. The normalized spacial score (nSPS) is 20.6. The number of aliphatic hydroxyl groups is 1. The number of hydrogen-bond donors (Lipinski definition) is 1. The maximum Gasteiger partial charge on any atom is 0.0611 e. The van der Waals surface area contributed by atoms with E-state index in [4.69, 9.17) is 0 Å². The number of aryl methyl sites for hydroxylation is 1. The molecule has 2 aromatic rings. The van der Waals surface area contributed by atoms with Gasteiger partial charge in [-0.15, -0.1) is 0 Å². The van der Waals surface area contributed by atoms with Crippen LogP contribution in [0.15, 0.2) is 54.6 Å². The highest BCUT2D eigenvalue weighted by atomic mass is 16.3. The molecule has 3 unspecified atom stereocenters. The lowest BCUT2D eigenvalue weighted by molar-refractivity contribution is 0.128. The summed E-state index contributed by atoms with van der Waals surface area (Å²) in [5, 5.41) is 10.6. The van der Waals surface area contributed by atoms with E-state index >= 15 is 0 Å². The Morgan fingerprint density at radius 2 is 1.76 bits per heavy atom. The first-order valence-electron chi connectivity index (χ1n) is 8.06. The number of hydrogen-bond acceptors (Lipinski definition) is 1. The first-order chi connectivity index (χ1) is 10.3. The summed E-state index contributed by atoms with van der Waals surface area (Å²) in [4.78, 5) is 0. The average molecular weight is 280 g/mol. The van der Waals surface area contributed by atoms with Gasteiger partial charge in [0.05, 0.1) is 6.10 Å². The van der Waals surface area contributed by atoms with Gasteiger partial charge >= 0.3 is 0 Å². The zero-order valence-corrected chi connectivity index (χ0v) is 12.7. The Bertz CT molecular complexity index is 575. The Morgan fingerprint density at radius 3 is 2.57 bits per heavy atom. The molecule has 3 rings (SSSR count). The van der Waals surface area contributed by atoms with Gasteiger partial charge in [-0.2, -0.15) is 0 Å². The van der Waals surface area contributed by atoms with Gasteiger partial charge in [-0.1, -0.05) is 61.5 Å². The Balaban J connectivity index is 1.72. The van der Waals surface area contributed by atoms with Gasteiger partial charge in [0, 0.05) is 5.92 Å². The van der Waals surface area contributed by atoms with Crippen LogP contribution in [0.25, 0.3) is 0 Å². The summed E-state index contributed by atoms with van der Waals surface area (Å²) in [5.74, 6) is 0.705. The third-order valence-electron chi connectivity index (χ3n) is 4.92. The summed E-state index contributed by atoms with van der Waals surface area (Å²) in [6.45, 7) is 2.13. The number of fused-ring (bicyclic) bond motifs is 1. The fourth-order valence-electron chi connectivity index (χ4n) is 3.57. The van der Waals surface area contributed by atoms with Crippen LogP contribution in [0.4, 0.5) is 0 Å². The van der Waals surface area contributed by atoms with Gasteiger partial charge in [0.25, 0.3) is 0 Å². The van der Waals surface area contributed by atoms with Crippen molar-refractivity contribution in [2.45, 2.75) is 50.5 Å². The monoisotopic (exact) mass is 280 g/mol. The van der Waals surface area contributed by atoms with Crippen molar-refractivity contribution in [3.63, 3.8) is 0 Å². The second kappa shape index (κ2) is 6.44. The minimum absolute atomic E-state index is 0.195. The van der Waals surface area contributed by atoms with E-state index in [1.54, 1.807) is 0 Å². The van der Waals surface area contributed by atoms with Crippen LogP contribution in [-0.4, -0.2) is 11.2 Å². The minimum Gasteiger partial charge on any atom is -0.392 e. The highest BCUT2D eigenvalue weighted by molar-refractivity contribution is 5.33. The molecule has 1 N–H and O–H groups in total. The first-order valence-corrected chi connectivity index (χ1v) is 8.06. The Labute approximate surface area is 127 Å². The smallest absolute Gasteiger partial charge is 0.0611 e. The summed E-state index contributed by atoms with van der Waals surface area (Å²) in [6, 6.07) is 19.1. The molecular weight excluding hydrogens is 256 g/mol. The highest BCUT2D eigenvalue weighted by Crippen LogP contribution is 2.36. The zero-order valence-electron chi connectivity index (χ0n) is 12.7. The van der Waals surface area contributed by atoms with E-state index < -0.39 is 0 Å². The molecule has 0 fully saturated rings. The Hall–Kier alpha value is -1.60. The SMILES string of the molecule is CC(c1ccccc1)C(O)CC1CCCc2ccccc21. The molecule has 0 saturated carbocycles. The molecule has 21 heavy (non-hydrogen) atoms. The minimum atomic E-state index is -0.274. The van der Waals surface area contributed by atoms with Crippen molar-refractivity contribution >= 4 is 0 Å². The molecule has 3 atom stereocenters. The standard InChI is InChI=1S/C20H24O/c1-15(16-8-3-2-4-9-16)20(21)14-18-12-7-11-17-10-5-6-13-19(17)18/h2-6,8-10,13,15,18,20-21H,7,11-12,14H2,1H3. The lowest BCUT2D eigenvalue weighted by atomic mass is 9.78. The molecule has 0 bridgehead atoms. The van der Waals surface area contributed by atoms with Crippen molar-refractivity contribution in [1.82, 2.24) is 0 Å². The molecule has 0 radical (unpaired) electrons. The van der Waals surface area contributed by atoms with E-state index in [1.807, 2.05) is 6.07 Å². The molecule has 0 saturated heterocycles. The maximum absolute atomic E-state index is 10.6. The summed E-state index contributed by atoms with van der Waals surface area (Å²) >= 11 is 0. The quantitative estimate of drug-likeness (QED) is 0.863. The van der Waals surface area contributed by atoms with Crippen molar-refractivity contribution in [1.29, 1.82) is 0 Å². The van der Waals surface area contributed by atoms with E-state index in [0.717, 1.165) is 6.42 Å². The Morgan fingerprint density at radius 1 is 1.05 bits per heavy atom. The molecule has 2 aromatic carbocycles. The molecule has 110 valence electrons. The molecule has 1 nitrogen and oxygen atoms in total. The maximum atomic E-state index is 10.6. The zero-order chi connectivity index (χ0) is 14.7. The summed E-state index contributed by atoms with van der Waals surface area (Å²) in [7, 11) is 0. The van der Waals surface area contributed by atoms with Crippen molar-refractivity contribution in [2.75, 3.05) is 0 Å². The molecule has 1 heteroatoms. The van der Waals surface area contributed by atoms with Gasteiger partial charge in [-0.3, -0.25) is 0 Å². The molecule has 0 spiro atoms. The van der Waals surface area contributed by atoms with Crippen molar-refractivity contribution in [3.8, 4) is 0 Å². The van der Waals surface area contributed by atoms with Crippen LogP contribution in [0.3, 0.4) is 0 Å². The Kier molecular flexibility index (Phi) is 4.40. The lowest BCUT2D eigenvalue weighted by Crippen LogP contribution is -2.21. The predicted molar refractivity (Wildman–Crippen MR) is 87.6 cm³/mol. The topological polar surface area (TPSA) is 20.2 Å². The molecule has 1 aliphatic carbocycles. The summed E-state index contributed by atoms with van der Waals surface area (Å²) in [6.07, 6.45) is 4.23. The summed E-state index contributed by atoms with van der Waals surface area (Å²) < 4.78 is 0. The molecule has 0 heterocycles. The number of aliphatic hydroxyl groups excluding tert-OH is 1. The van der Waals surface area contributed by atoms with Gasteiger partial charge in [-0.25, -0.2) is 0 Å². The third-order valence-corrected chi connectivity index (χ3v) is 4.92. The van der Waals surface area contributed by atoms with Crippen LogP contribution >= 0.6 is 0 Å².